The van der Waals surface area contributed by atoms with Gasteiger partial charge in [-0.2, -0.15) is 0 Å². The zero-order valence-electron chi connectivity index (χ0n) is 11.7. The highest BCUT2D eigenvalue weighted by Crippen LogP contribution is 2.35. The molecule has 4 nitrogen and oxygen atoms in total. The lowest BCUT2D eigenvalue weighted by Crippen LogP contribution is -2.34. The summed E-state index contributed by atoms with van der Waals surface area (Å²) in [6, 6.07) is 11.4. The molecule has 0 saturated carbocycles. The van der Waals surface area contributed by atoms with Crippen LogP contribution in [0.2, 0.25) is 0 Å². The average Bonchev–Trinajstić information content (AvgIpc) is 2.47. The molecule has 1 aliphatic rings. The summed E-state index contributed by atoms with van der Waals surface area (Å²) in [6.45, 7) is 1.79. The first-order valence-corrected chi connectivity index (χ1v) is 7.86. The smallest absolute Gasteiger partial charge is 0.260 e. The largest absolute Gasteiger partial charge is 0.345 e. The normalized spacial score (nSPS) is 17.1. The molecule has 0 aliphatic carbocycles. The van der Waals surface area contributed by atoms with Gasteiger partial charge in [0.15, 0.2) is 0 Å². The maximum absolute atomic E-state index is 12.3. The van der Waals surface area contributed by atoms with Gasteiger partial charge in [-0.15, -0.1) is 11.8 Å². The highest BCUT2D eigenvalue weighted by molar-refractivity contribution is 7.99. The van der Waals surface area contributed by atoms with Crippen LogP contribution < -0.4 is 10.9 Å². The van der Waals surface area contributed by atoms with Gasteiger partial charge in [0.25, 0.3) is 11.5 Å². The van der Waals surface area contributed by atoms with Crippen LogP contribution in [0, 0.1) is 6.92 Å². The maximum Gasteiger partial charge on any atom is 0.260 e. The van der Waals surface area contributed by atoms with Crippen molar-refractivity contribution in [2.24, 2.45) is 0 Å². The first-order chi connectivity index (χ1) is 10.1. The number of thioether (sulfide) groups is 1. The molecule has 1 aromatic carbocycles. The Labute approximate surface area is 127 Å². The summed E-state index contributed by atoms with van der Waals surface area (Å²) in [5.41, 5.74) is 1.70. The van der Waals surface area contributed by atoms with Gasteiger partial charge < -0.3 is 10.3 Å². The highest BCUT2D eigenvalue weighted by Gasteiger charge is 2.23. The van der Waals surface area contributed by atoms with E-state index in [9.17, 15) is 9.59 Å². The van der Waals surface area contributed by atoms with Crippen molar-refractivity contribution in [1.82, 2.24) is 10.3 Å². The van der Waals surface area contributed by atoms with E-state index in [0.717, 1.165) is 23.4 Å². The van der Waals surface area contributed by atoms with Crippen molar-refractivity contribution >= 4 is 17.7 Å². The Kier molecular flexibility index (Phi) is 3.84. The number of nitrogens with one attached hydrogen (secondary N) is 2. The van der Waals surface area contributed by atoms with Crippen LogP contribution in [0.3, 0.4) is 0 Å². The molecule has 5 heteroatoms. The molecule has 0 spiro atoms. The molecule has 1 atom stereocenters. The van der Waals surface area contributed by atoms with Crippen LogP contribution in [0.5, 0.6) is 0 Å². The van der Waals surface area contributed by atoms with Gasteiger partial charge in [-0.05, 0) is 37.1 Å². The van der Waals surface area contributed by atoms with Crippen LogP contribution in [0.25, 0.3) is 0 Å². The second kappa shape index (κ2) is 5.77. The molecule has 0 bridgehead atoms. The number of aromatic amines is 1. The van der Waals surface area contributed by atoms with Crippen LogP contribution in [-0.2, 0) is 0 Å². The van der Waals surface area contributed by atoms with E-state index in [0.29, 0.717) is 0 Å². The number of hydrogen-bond donors (Lipinski definition) is 2. The number of aryl methyl sites for hydroxylation is 1. The summed E-state index contributed by atoms with van der Waals surface area (Å²) in [5.74, 6) is 0.648. The fourth-order valence-electron chi connectivity index (χ4n) is 2.48. The van der Waals surface area contributed by atoms with Crippen molar-refractivity contribution in [3.63, 3.8) is 0 Å². The van der Waals surface area contributed by atoms with Gasteiger partial charge in [0.2, 0.25) is 0 Å². The molecule has 0 radical (unpaired) electrons. The summed E-state index contributed by atoms with van der Waals surface area (Å²) in [4.78, 5) is 28.0. The van der Waals surface area contributed by atoms with E-state index in [1.807, 2.05) is 18.2 Å². The summed E-state index contributed by atoms with van der Waals surface area (Å²) in [5, 5.41) is 2.98. The Hall–Kier alpha value is -2.01. The number of pyridine rings is 1. The Morgan fingerprint density at radius 1 is 1.29 bits per heavy atom. The zero-order valence-corrected chi connectivity index (χ0v) is 12.5. The maximum atomic E-state index is 12.3. The standard InChI is InChI=1S/C16H16N2O2S/c1-10-6-7-12(15(19)17-10)16(20)18-13-8-9-21-14-5-3-2-4-11(13)14/h2-7,13H,8-9H2,1H3,(H,17,19)(H,18,20)/t13-/m1/s1. The van der Waals surface area contributed by atoms with E-state index in [-0.39, 0.29) is 23.1 Å². The van der Waals surface area contributed by atoms with Crippen molar-refractivity contribution < 1.29 is 4.79 Å². The van der Waals surface area contributed by atoms with E-state index in [1.165, 1.54) is 4.90 Å². The van der Waals surface area contributed by atoms with Gasteiger partial charge in [0, 0.05) is 16.3 Å². The quantitative estimate of drug-likeness (QED) is 0.896. The van der Waals surface area contributed by atoms with Crippen LogP contribution in [0.1, 0.15) is 34.1 Å². The minimum atomic E-state index is -0.342. The topological polar surface area (TPSA) is 62.0 Å². The van der Waals surface area contributed by atoms with Crippen molar-refractivity contribution in [2.45, 2.75) is 24.3 Å². The third-order valence-corrected chi connectivity index (χ3v) is 4.69. The minimum Gasteiger partial charge on any atom is -0.345 e. The molecule has 3 rings (SSSR count). The Bertz CT molecular complexity index is 739. The third kappa shape index (κ3) is 2.88. The number of aromatic nitrogens is 1. The van der Waals surface area contributed by atoms with Crippen molar-refractivity contribution in [1.29, 1.82) is 0 Å². The molecule has 2 heterocycles. The summed E-state index contributed by atoms with van der Waals surface area (Å²) >= 11 is 1.80. The van der Waals surface area contributed by atoms with Crippen molar-refractivity contribution in [3.05, 3.63) is 63.6 Å². The van der Waals surface area contributed by atoms with Gasteiger partial charge in [-0.3, -0.25) is 9.59 Å². The molecule has 0 unspecified atom stereocenters. The molecular weight excluding hydrogens is 284 g/mol. The number of carbonyl (C=O) groups is 1. The predicted molar refractivity (Wildman–Crippen MR) is 83.8 cm³/mol. The Morgan fingerprint density at radius 2 is 2.10 bits per heavy atom. The first kappa shape index (κ1) is 13.9. The Balaban J connectivity index is 1.84. The molecule has 108 valence electrons. The number of rotatable bonds is 2. The highest BCUT2D eigenvalue weighted by atomic mass is 32.2. The molecule has 1 aliphatic heterocycles. The monoisotopic (exact) mass is 300 g/mol. The molecule has 0 saturated heterocycles. The summed E-state index contributed by atoms with van der Waals surface area (Å²) in [7, 11) is 0. The van der Waals surface area contributed by atoms with Gasteiger partial charge in [0.1, 0.15) is 5.56 Å². The molecule has 21 heavy (non-hydrogen) atoms. The van der Waals surface area contributed by atoms with Crippen LogP contribution >= 0.6 is 11.8 Å². The summed E-state index contributed by atoms with van der Waals surface area (Å²) < 4.78 is 0. The summed E-state index contributed by atoms with van der Waals surface area (Å²) in [6.07, 6.45) is 0.872. The van der Waals surface area contributed by atoms with E-state index >= 15 is 0 Å². The Morgan fingerprint density at radius 3 is 2.90 bits per heavy atom. The predicted octanol–water partition coefficient (Wildman–Crippen LogP) is 2.65. The van der Waals surface area contributed by atoms with Crippen LogP contribution in [-0.4, -0.2) is 16.6 Å². The van der Waals surface area contributed by atoms with E-state index < -0.39 is 0 Å². The van der Waals surface area contributed by atoms with Crippen molar-refractivity contribution in [2.75, 3.05) is 5.75 Å². The lowest BCUT2D eigenvalue weighted by atomic mass is 10.0. The molecule has 1 aromatic heterocycles. The second-order valence-electron chi connectivity index (χ2n) is 5.09. The van der Waals surface area contributed by atoms with E-state index in [4.69, 9.17) is 0 Å². The molecular formula is C16H16N2O2S. The van der Waals surface area contributed by atoms with Gasteiger partial charge in [-0.1, -0.05) is 18.2 Å². The SMILES string of the molecule is Cc1ccc(C(=O)N[C@@H]2CCSc3ccccc32)c(=O)[nH]1. The minimum absolute atomic E-state index is 0.0318. The van der Waals surface area contributed by atoms with E-state index in [1.54, 1.807) is 30.8 Å². The number of H-pyrrole nitrogens is 1. The number of hydrogen-bond acceptors (Lipinski definition) is 3. The first-order valence-electron chi connectivity index (χ1n) is 6.87. The molecule has 0 fully saturated rings. The van der Waals surface area contributed by atoms with E-state index in [2.05, 4.69) is 16.4 Å². The zero-order chi connectivity index (χ0) is 14.8. The number of benzene rings is 1. The molecule has 2 N–H and O–H groups in total. The third-order valence-electron chi connectivity index (χ3n) is 3.56. The van der Waals surface area contributed by atoms with Crippen LogP contribution in [0.15, 0.2) is 46.1 Å². The van der Waals surface area contributed by atoms with Gasteiger partial charge in [0.05, 0.1) is 6.04 Å². The fourth-order valence-corrected chi connectivity index (χ4v) is 3.60. The lowest BCUT2D eigenvalue weighted by Gasteiger charge is -2.25. The number of carbonyl (C=O) groups excluding carboxylic acids is 1. The molecule has 1 amide bonds. The molecule has 2 aromatic rings. The second-order valence-corrected chi connectivity index (χ2v) is 6.22. The van der Waals surface area contributed by atoms with Gasteiger partial charge in [-0.25, -0.2) is 0 Å². The van der Waals surface area contributed by atoms with Crippen LogP contribution in [0.4, 0.5) is 0 Å². The van der Waals surface area contributed by atoms with Crippen molar-refractivity contribution in [3.8, 4) is 0 Å². The average molecular weight is 300 g/mol. The lowest BCUT2D eigenvalue weighted by molar-refractivity contribution is 0.0933. The fraction of sp³-hybridized carbons (Fsp3) is 0.250. The number of amides is 1. The number of fused-ring (bicyclic) bond motifs is 1. The van der Waals surface area contributed by atoms with Gasteiger partial charge >= 0.3 is 0 Å².